The molecule has 1 N–H and O–H groups in total. The van der Waals surface area contributed by atoms with Crippen molar-refractivity contribution in [3.63, 3.8) is 0 Å². The van der Waals surface area contributed by atoms with E-state index in [1.165, 1.54) is 7.11 Å². The quantitative estimate of drug-likeness (QED) is 0.766. The minimum atomic E-state index is -0.259. The number of rotatable bonds is 4. The molecule has 2 unspecified atom stereocenters. The lowest BCUT2D eigenvalue weighted by Gasteiger charge is -2.30. The molecular formula is C13H25NO3. The predicted octanol–water partition coefficient (Wildman–Crippen LogP) is 1.87. The third kappa shape index (κ3) is 3.42. The van der Waals surface area contributed by atoms with Crippen LogP contribution in [0.4, 0.5) is 0 Å². The van der Waals surface area contributed by atoms with Gasteiger partial charge in [-0.05, 0) is 40.5 Å². The molecule has 0 spiro atoms. The molecule has 4 heteroatoms. The Kier molecular flexibility index (Phi) is 4.20. The van der Waals surface area contributed by atoms with E-state index >= 15 is 0 Å². The molecule has 0 amide bonds. The Morgan fingerprint density at radius 1 is 1.47 bits per heavy atom. The molecule has 17 heavy (non-hydrogen) atoms. The molecule has 100 valence electrons. The third-order valence-corrected chi connectivity index (χ3v) is 3.37. The number of methoxy groups -OCH3 is 1. The lowest BCUT2D eigenvalue weighted by Crippen LogP contribution is -2.50. The summed E-state index contributed by atoms with van der Waals surface area (Å²) in [5.41, 5.74) is -0.402. The Labute approximate surface area is 104 Å². The van der Waals surface area contributed by atoms with Gasteiger partial charge in [-0.1, -0.05) is 6.92 Å². The van der Waals surface area contributed by atoms with Crippen LogP contribution >= 0.6 is 0 Å². The maximum absolute atomic E-state index is 11.6. The lowest BCUT2D eigenvalue weighted by atomic mass is 9.93. The molecule has 1 aliphatic heterocycles. The van der Waals surface area contributed by atoms with Crippen LogP contribution in [0.2, 0.25) is 0 Å². The van der Waals surface area contributed by atoms with Crippen LogP contribution in [0, 0.1) is 0 Å². The van der Waals surface area contributed by atoms with Crippen LogP contribution in [0.3, 0.4) is 0 Å². The van der Waals surface area contributed by atoms with E-state index in [9.17, 15) is 4.79 Å². The standard InChI is InChI=1S/C13H25NO3/c1-7-9(11(15)16-6)14-10-8-12(2,3)17-13(10,4)5/h9-10,14H,7-8H2,1-6H3. The van der Waals surface area contributed by atoms with Crippen molar-refractivity contribution in [2.24, 2.45) is 0 Å². The first-order chi connectivity index (χ1) is 7.72. The summed E-state index contributed by atoms with van der Waals surface area (Å²) in [6.45, 7) is 10.3. The van der Waals surface area contributed by atoms with Crippen molar-refractivity contribution in [1.82, 2.24) is 5.32 Å². The van der Waals surface area contributed by atoms with E-state index in [4.69, 9.17) is 9.47 Å². The number of ether oxygens (including phenoxy) is 2. The van der Waals surface area contributed by atoms with Gasteiger partial charge in [-0.15, -0.1) is 0 Å². The van der Waals surface area contributed by atoms with Gasteiger partial charge in [0.1, 0.15) is 6.04 Å². The first-order valence-electron chi connectivity index (χ1n) is 6.26. The summed E-state index contributed by atoms with van der Waals surface area (Å²) in [6, 6.07) is -0.0803. The molecule has 0 radical (unpaired) electrons. The van der Waals surface area contributed by atoms with E-state index in [1.807, 2.05) is 6.92 Å². The molecule has 1 fully saturated rings. The normalized spacial score (nSPS) is 27.8. The highest BCUT2D eigenvalue weighted by Gasteiger charge is 2.46. The van der Waals surface area contributed by atoms with E-state index < -0.39 is 0 Å². The van der Waals surface area contributed by atoms with Crippen LogP contribution in [0.15, 0.2) is 0 Å². The van der Waals surface area contributed by atoms with Gasteiger partial charge in [-0.2, -0.15) is 0 Å². The highest BCUT2D eigenvalue weighted by Crippen LogP contribution is 2.37. The van der Waals surface area contributed by atoms with Crippen molar-refractivity contribution < 1.29 is 14.3 Å². The van der Waals surface area contributed by atoms with Crippen molar-refractivity contribution in [2.45, 2.75) is 70.7 Å². The molecule has 0 saturated carbocycles. The number of carbonyl (C=O) groups excluding carboxylic acids is 1. The molecule has 0 aromatic heterocycles. The molecule has 2 atom stereocenters. The number of nitrogens with one attached hydrogen (secondary N) is 1. The van der Waals surface area contributed by atoms with Crippen molar-refractivity contribution in [1.29, 1.82) is 0 Å². The van der Waals surface area contributed by atoms with Crippen molar-refractivity contribution in [3.8, 4) is 0 Å². The largest absolute Gasteiger partial charge is 0.468 e. The van der Waals surface area contributed by atoms with Crippen LogP contribution in [-0.4, -0.2) is 36.4 Å². The minimum Gasteiger partial charge on any atom is -0.468 e. The summed E-state index contributed by atoms with van der Waals surface area (Å²) in [7, 11) is 1.42. The van der Waals surface area contributed by atoms with Crippen LogP contribution in [-0.2, 0) is 14.3 Å². The van der Waals surface area contributed by atoms with E-state index in [-0.39, 0.29) is 29.3 Å². The van der Waals surface area contributed by atoms with Gasteiger partial charge in [0.2, 0.25) is 0 Å². The van der Waals surface area contributed by atoms with Gasteiger partial charge in [0.25, 0.3) is 0 Å². The van der Waals surface area contributed by atoms with Crippen LogP contribution in [0.1, 0.15) is 47.5 Å². The monoisotopic (exact) mass is 243 g/mol. The SMILES string of the molecule is CCC(NC1CC(C)(C)OC1(C)C)C(=O)OC. The molecule has 0 aromatic carbocycles. The summed E-state index contributed by atoms with van der Waals surface area (Å²) in [6.07, 6.45) is 1.62. The van der Waals surface area contributed by atoms with Crippen molar-refractivity contribution in [2.75, 3.05) is 7.11 Å². The van der Waals surface area contributed by atoms with Crippen LogP contribution < -0.4 is 5.32 Å². The number of hydrogen-bond donors (Lipinski definition) is 1. The zero-order valence-corrected chi connectivity index (χ0v) is 11.8. The fourth-order valence-electron chi connectivity index (χ4n) is 2.56. The Bertz CT molecular complexity index is 286. The fraction of sp³-hybridized carbons (Fsp3) is 0.923. The summed E-state index contributed by atoms with van der Waals surface area (Å²) in [4.78, 5) is 11.6. The highest BCUT2D eigenvalue weighted by atomic mass is 16.5. The molecule has 1 aliphatic rings. The Morgan fingerprint density at radius 2 is 2.06 bits per heavy atom. The van der Waals surface area contributed by atoms with E-state index in [1.54, 1.807) is 0 Å². The predicted molar refractivity (Wildman–Crippen MR) is 66.9 cm³/mol. The Morgan fingerprint density at radius 3 is 2.41 bits per heavy atom. The van der Waals surface area contributed by atoms with Gasteiger partial charge in [0.15, 0.2) is 0 Å². The molecule has 0 aliphatic carbocycles. The zero-order chi connectivity index (χ0) is 13.3. The Balaban J connectivity index is 2.70. The summed E-state index contributed by atoms with van der Waals surface area (Å²) in [5.74, 6) is -0.201. The van der Waals surface area contributed by atoms with E-state index in [2.05, 4.69) is 33.0 Å². The van der Waals surface area contributed by atoms with E-state index in [0.29, 0.717) is 0 Å². The van der Waals surface area contributed by atoms with Crippen LogP contribution in [0.25, 0.3) is 0 Å². The Hall–Kier alpha value is -0.610. The molecule has 1 saturated heterocycles. The maximum Gasteiger partial charge on any atom is 0.322 e. The molecular weight excluding hydrogens is 218 g/mol. The number of carbonyl (C=O) groups is 1. The second-order valence-corrected chi connectivity index (χ2v) is 5.87. The van der Waals surface area contributed by atoms with Gasteiger partial charge in [-0.25, -0.2) is 0 Å². The highest BCUT2D eigenvalue weighted by molar-refractivity contribution is 5.75. The molecule has 0 aromatic rings. The topological polar surface area (TPSA) is 47.6 Å². The molecule has 1 heterocycles. The minimum absolute atomic E-state index is 0.143. The molecule has 1 rings (SSSR count). The lowest BCUT2D eigenvalue weighted by molar-refractivity contribution is -0.143. The molecule has 4 nitrogen and oxygen atoms in total. The van der Waals surface area contributed by atoms with Gasteiger partial charge in [-0.3, -0.25) is 10.1 Å². The van der Waals surface area contributed by atoms with Crippen LogP contribution in [0.5, 0.6) is 0 Å². The fourth-order valence-corrected chi connectivity index (χ4v) is 2.56. The average molecular weight is 243 g/mol. The second kappa shape index (κ2) is 4.94. The number of esters is 1. The molecule has 0 bridgehead atoms. The van der Waals surface area contributed by atoms with Gasteiger partial charge < -0.3 is 9.47 Å². The summed E-state index contributed by atoms with van der Waals surface area (Å²) < 4.78 is 10.8. The van der Waals surface area contributed by atoms with Gasteiger partial charge >= 0.3 is 5.97 Å². The van der Waals surface area contributed by atoms with Gasteiger partial charge in [0.05, 0.1) is 18.3 Å². The second-order valence-electron chi connectivity index (χ2n) is 5.87. The van der Waals surface area contributed by atoms with Crippen molar-refractivity contribution in [3.05, 3.63) is 0 Å². The first-order valence-corrected chi connectivity index (χ1v) is 6.26. The average Bonchev–Trinajstić information content (AvgIpc) is 2.41. The maximum atomic E-state index is 11.6. The first kappa shape index (κ1) is 14.5. The van der Waals surface area contributed by atoms with Gasteiger partial charge in [0, 0.05) is 6.04 Å². The van der Waals surface area contributed by atoms with Crippen molar-refractivity contribution >= 4 is 5.97 Å². The summed E-state index contributed by atoms with van der Waals surface area (Å²) in [5, 5.41) is 3.36. The van der Waals surface area contributed by atoms with E-state index in [0.717, 1.165) is 12.8 Å². The summed E-state index contributed by atoms with van der Waals surface area (Å²) >= 11 is 0. The number of hydrogen-bond acceptors (Lipinski definition) is 4. The smallest absolute Gasteiger partial charge is 0.322 e. The third-order valence-electron chi connectivity index (χ3n) is 3.37. The zero-order valence-electron chi connectivity index (χ0n) is 11.8.